The number of ether oxygens (including phenoxy) is 2. The molecule has 1 atom stereocenters. The maximum Gasteiger partial charge on any atom is 0.132 e. The van der Waals surface area contributed by atoms with E-state index in [0.717, 1.165) is 12.0 Å². The van der Waals surface area contributed by atoms with Crippen molar-refractivity contribution in [2.45, 2.75) is 19.4 Å². The largest absolute Gasteiger partial charge is 0.497 e. The molecule has 0 spiro atoms. The Morgan fingerprint density at radius 3 is 2.33 bits per heavy atom. The van der Waals surface area contributed by atoms with Crippen molar-refractivity contribution in [3.05, 3.63) is 53.6 Å². The molecule has 1 unspecified atom stereocenters. The SMILES string of the molecule is CCC(N)c1ccc(Oc2cc(C#N)cc(OC)c2)cc1. The number of nitrogens with two attached hydrogens (primary N) is 1. The molecule has 0 bridgehead atoms. The second kappa shape index (κ2) is 6.78. The Morgan fingerprint density at radius 2 is 1.76 bits per heavy atom. The minimum absolute atomic E-state index is 0.0426. The molecule has 0 aromatic heterocycles. The van der Waals surface area contributed by atoms with Crippen LogP contribution in [0.4, 0.5) is 0 Å². The van der Waals surface area contributed by atoms with E-state index in [0.29, 0.717) is 22.8 Å². The summed E-state index contributed by atoms with van der Waals surface area (Å²) in [6, 6.07) is 14.9. The highest BCUT2D eigenvalue weighted by Gasteiger charge is 2.06. The molecule has 0 saturated heterocycles. The van der Waals surface area contributed by atoms with Gasteiger partial charge in [0, 0.05) is 12.1 Å². The van der Waals surface area contributed by atoms with Gasteiger partial charge < -0.3 is 15.2 Å². The van der Waals surface area contributed by atoms with Gasteiger partial charge in [0.1, 0.15) is 17.2 Å². The average molecular weight is 282 g/mol. The summed E-state index contributed by atoms with van der Waals surface area (Å²) in [6.07, 6.45) is 0.890. The molecule has 2 aromatic rings. The summed E-state index contributed by atoms with van der Waals surface area (Å²) in [6.45, 7) is 2.05. The Kier molecular flexibility index (Phi) is 4.81. The van der Waals surface area contributed by atoms with E-state index in [1.165, 1.54) is 0 Å². The van der Waals surface area contributed by atoms with Crippen LogP contribution in [0.2, 0.25) is 0 Å². The van der Waals surface area contributed by atoms with Crippen LogP contribution in [0.1, 0.15) is 30.5 Å². The number of nitriles is 1. The van der Waals surface area contributed by atoms with Crippen LogP contribution in [-0.2, 0) is 0 Å². The lowest BCUT2D eigenvalue weighted by Gasteiger charge is -2.11. The second-order valence-electron chi connectivity index (χ2n) is 4.69. The van der Waals surface area contributed by atoms with Crippen molar-refractivity contribution in [2.24, 2.45) is 5.73 Å². The molecule has 0 radical (unpaired) electrons. The molecule has 0 saturated carbocycles. The summed E-state index contributed by atoms with van der Waals surface area (Å²) in [5, 5.41) is 9.00. The molecule has 0 aliphatic carbocycles. The zero-order valence-electron chi connectivity index (χ0n) is 12.2. The molecule has 0 amide bonds. The molecule has 4 heteroatoms. The van der Waals surface area contributed by atoms with E-state index in [4.69, 9.17) is 20.5 Å². The number of benzene rings is 2. The van der Waals surface area contributed by atoms with Gasteiger partial charge in [0.15, 0.2) is 0 Å². The first-order valence-electron chi connectivity index (χ1n) is 6.79. The van der Waals surface area contributed by atoms with Gasteiger partial charge in [-0.2, -0.15) is 5.26 Å². The number of hydrogen-bond acceptors (Lipinski definition) is 4. The van der Waals surface area contributed by atoms with Crippen LogP contribution < -0.4 is 15.2 Å². The maximum absolute atomic E-state index is 9.00. The first-order valence-corrected chi connectivity index (χ1v) is 6.79. The first kappa shape index (κ1) is 14.9. The predicted molar refractivity (Wildman–Crippen MR) is 81.4 cm³/mol. The quantitative estimate of drug-likeness (QED) is 0.906. The van der Waals surface area contributed by atoms with E-state index >= 15 is 0 Å². The van der Waals surface area contributed by atoms with Gasteiger partial charge in [0.25, 0.3) is 0 Å². The van der Waals surface area contributed by atoms with E-state index in [2.05, 4.69) is 13.0 Å². The van der Waals surface area contributed by atoms with E-state index < -0.39 is 0 Å². The minimum Gasteiger partial charge on any atom is -0.497 e. The number of methoxy groups -OCH3 is 1. The molecule has 2 rings (SSSR count). The zero-order valence-corrected chi connectivity index (χ0v) is 12.2. The van der Waals surface area contributed by atoms with Gasteiger partial charge in [-0.05, 0) is 36.2 Å². The van der Waals surface area contributed by atoms with Crippen LogP contribution in [0, 0.1) is 11.3 Å². The molecule has 0 aliphatic heterocycles. The zero-order chi connectivity index (χ0) is 15.2. The Labute approximate surface area is 124 Å². The van der Waals surface area contributed by atoms with Gasteiger partial charge in [-0.3, -0.25) is 0 Å². The van der Waals surface area contributed by atoms with Crippen molar-refractivity contribution in [2.75, 3.05) is 7.11 Å². The molecule has 2 N–H and O–H groups in total. The lowest BCUT2D eigenvalue weighted by Crippen LogP contribution is -2.07. The van der Waals surface area contributed by atoms with E-state index in [1.807, 2.05) is 24.3 Å². The Balaban J connectivity index is 2.20. The van der Waals surface area contributed by atoms with Crippen LogP contribution >= 0.6 is 0 Å². The molecule has 0 fully saturated rings. The fraction of sp³-hybridized carbons (Fsp3) is 0.235. The van der Waals surface area contributed by atoms with Crippen LogP contribution in [0.3, 0.4) is 0 Å². The van der Waals surface area contributed by atoms with E-state index in [1.54, 1.807) is 25.3 Å². The standard InChI is InChI=1S/C17H18N2O2/c1-3-17(19)13-4-6-14(7-5-13)21-16-9-12(11-18)8-15(10-16)20-2/h4-10,17H,3,19H2,1-2H3. The summed E-state index contributed by atoms with van der Waals surface area (Å²) in [5.41, 5.74) is 7.55. The van der Waals surface area contributed by atoms with E-state index in [9.17, 15) is 0 Å². The Morgan fingerprint density at radius 1 is 1.10 bits per heavy atom. The van der Waals surface area contributed by atoms with Crippen molar-refractivity contribution in [1.82, 2.24) is 0 Å². The fourth-order valence-corrected chi connectivity index (χ4v) is 1.97. The summed E-state index contributed by atoms with van der Waals surface area (Å²) < 4.78 is 10.9. The highest BCUT2D eigenvalue weighted by molar-refractivity contribution is 5.45. The normalized spacial score (nSPS) is 11.5. The van der Waals surface area contributed by atoms with Crippen molar-refractivity contribution < 1.29 is 9.47 Å². The molecule has 21 heavy (non-hydrogen) atoms. The number of rotatable bonds is 5. The molecule has 108 valence electrons. The van der Waals surface area contributed by atoms with Crippen LogP contribution in [-0.4, -0.2) is 7.11 Å². The van der Waals surface area contributed by atoms with Crippen molar-refractivity contribution in [3.63, 3.8) is 0 Å². The fourth-order valence-electron chi connectivity index (χ4n) is 1.97. The summed E-state index contributed by atoms with van der Waals surface area (Å²) in [4.78, 5) is 0. The second-order valence-corrected chi connectivity index (χ2v) is 4.69. The molecular weight excluding hydrogens is 264 g/mol. The summed E-state index contributed by atoms with van der Waals surface area (Å²) in [7, 11) is 1.56. The van der Waals surface area contributed by atoms with Gasteiger partial charge in [0.2, 0.25) is 0 Å². The maximum atomic E-state index is 9.00. The highest BCUT2D eigenvalue weighted by atomic mass is 16.5. The lowest BCUT2D eigenvalue weighted by molar-refractivity contribution is 0.409. The third kappa shape index (κ3) is 3.74. The first-order chi connectivity index (χ1) is 10.2. The van der Waals surface area contributed by atoms with Crippen LogP contribution in [0.15, 0.2) is 42.5 Å². The third-order valence-corrected chi connectivity index (χ3v) is 3.23. The third-order valence-electron chi connectivity index (χ3n) is 3.23. The van der Waals surface area contributed by atoms with Gasteiger partial charge in [-0.25, -0.2) is 0 Å². The average Bonchev–Trinajstić information content (AvgIpc) is 2.54. The minimum atomic E-state index is 0.0426. The predicted octanol–water partition coefficient (Wildman–Crippen LogP) is 3.77. The lowest BCUT2D eigenvalue weighted by atomic mass is 10.1. The van der Waals surface area contributed by atoms with Gasteiger partial charge in [-0.1, -0.05) is 19.1 Å². The highest BCUT2D eigenvalue weighted by Crippen LogP contribution is 2.28. The topological polar surface area (TPSA) is 68.3 Å². The van der Waals surface area contributed by atoms with Crippen molar-refractivity contribution >= 4 is 0 Å². The molecule has 0 heterocycles. The molecule has 0 aliphatic rings. The van der Waals surface area contributed by atoms with Gasteiger partial charge >= 0.3 is 0 Å². The molecule has 4 nitrogen and oxygen atoms in total. The van der Waals surface area contributed by atoms with Crippen LogP contribution in [0.5, 0.6) is 17.2 Å². The smallest absolute Gasteiger partial charge is 0.132 e. The van der Waals surface area contributed by atoms with Crippen molar-refractivity contribution in [1.29, 1.82) is 5.26 Å². The van der Waals surface area contributed by atoms with E-state index in [-0.39, 0.29) is 6.04 Å². The monoisotopic (exact) mass is 282 g/mol. The van der Waals surface area contributed by atoms with Gasteiger partial charge in [-0.15, -0.1) is 0 Å². The molecular formula is C17H18N2O2. The Hall–Kier alpha value is -2.51. The van der Waals surface area contributed by atoms with Crippen molar-refractivity contribution in [3.8, 4) is 23.3 Å². The summed E-state index contributed by atoms with van der Waals surface area (Å²) in [5.74, 6) is 1.85. The number of hydrogen-bond donors (Lipinski definition) is 1. The van der Waals surface area contributed by atoms with Gasteiger partial charge in [0.05, 0.1) is 18.7 Å². The van der Waals surface area contributed by atoms with Crippen LogP contribution in [0.25, 0.3) is 0 Å². The Bertz CT molecular complexity index is 645. The summed E-state index contributed by atoms with van der Waals surface area (Å²) >= 11 is 0. The molecule has 2 aromatic carbocycles. The number of nitrogens with zero attached hydrogens (tertiary/aromatic N) is 1.